The van der Waals surface area contributed by atoms with Crippen LogP contribution in [0.25, 0.3) is 0 Å². The topological polar surface area (TPSA) is 12.0 Å². The van der Waals surface area contributed by atoms with Gasteiger partial charge in [-0.3, -0.25) is 0 Å². The van der Waals surface area contributed by atoms with Crippen LogP contribution in [0.2, 0.25) is 0 Å². The van der Waals surface area contributed by atoms with E-state index in [2.05, 4.69) is 59.1 Å². The molecule has 0 heterocycles. The Balaban J connectivity index is 2.15. The van der Waals surface area contributed by atoms with E-state index in [4.69, 9.17) is 0 Å². The molecular formula is C16H24IN. The largest absolute Gasteiger partial charge is 0.310 e. The highest BCUT2D eigenvalue weighted by Crippen LogP contribution is 2.33. The molecule has 0 amide bonds. The van der Waals surface area contributed by atoms with Crippen molar-refractivity contribution in [1.29, 1.82) is 0 Å². The lowest BCUT2D eigenvalue weighted by Gasteiger charge is -2.27. The predicted molar refractivity (Wildman–Crippen MR) is 86.8 cm³/mol. The van der Waals surface area contributed by atoms with Gasteiger partial charge in [-0.25, -0.2) is 0 Å². The summed E-state index contributed by atoms with van der Waals surface area (Å²) in [5.41, 5.74) is 1.48. The van der Waals surface area contributed by atoms with E-state index in [0.717, 1.165) is 12.5 Å². The number of nitrogens with one attached hydrogen (secondary N) is 1. The minimum absolute atomic E-state index is 0.558. The fraction of sp³-hybridized carbons (Fsp3) is 0.625. The van der Waals surface area contributed by atoms with Gasteiger partial charge in [0.15, 0.2) is 0 Å². The summed E-state index contributed by atoms with van der Waals surface area (Å²) in [5.74, 6) is 0.825. The van der Waals surface area contributed by atoms with Crippen molar-refractivity contribution in [3.63, 3.8) is 0 Å². The molecule has 0 bridgehead atoms. The van der Waals surface area contributed by atoms with E-state index < -0.39 is 0 Å². The highest BCUT2D eigenvalue weighted by atomic mass is 127. The van der Waals surface area contributed by atoms with E-state index in [1.54, 1.807) is 0 Å². The molecule has 1 atom stereocenters. The average molecular weight is 357 g/mol. The van der Waals surface area contributed by atoms with Gasteiger partial charge in [0.05, 0.1) is 0 Å². The van der Waals surface area contributed by atoms with Gasteiger partial charge in [-0.05, 0) is 65.6 Å². The van der Waals surface area contributed by atoms with Gasteiger partial charge in [-0.2, -0.15) is 0 Å². The van der Waals surface area contributed by atoms with Crippen molar-refractivity contribution in [3.8, 4) is 0 Å². The smallest absolute Gasteiger partial charge is 0.0348 e. The van der Waals surface area contributed by atoms with Gasteiger partial charge in [0.2, 0.25) is 0 Å². The molecule has 1 aromatic rings. The SMILES string of the molecule is CCNC(c1cccc(I)c1)C1CCCCCC1. The third-order valence-electron chi connectivity index (χ3n) is 4.00. The molecule has 1 aliphatic carbocycles. The third kappa shape index (κ3) is 3.95. The molecule has 0 radical (unpaired) electrons. The lowest BCUT2D eigenvalue weighted by Crippen LogP contribution is -2.28. The third-order valence-corrected chi connectivity index (χ3v) is 4.67. The van der Waals surface area contributed by atoms with Crippen LogP contribution in [0.4, 0.5) is 0 Å². The highest BCUT2D eigenvalue weighted by molar-refractivity contribution is 14.1. The van der Waals surface area contributed by atoms with Gasteiger partial charge in [0.1, 0.15) is 0 Å². The Labute approximate surface area is 125 Å². The molecule has 1 N–H and O–H groups in total. The summed E-state index contributed by atoms with van der Waals surface area (Å²) in [7, 11) is 0. The van der Waals surface area contributed by atoms with Crippen molar-refractivity contribution in [2.45, 2.75) is 51.5 Å². The fourth-order valence-electron chi connectivity index (χ4n) is 3.12. The molecule has 1 unspecified atom stereocenters. The normalized spacial score (nSPS) is 19.4. The fourth-order valence-corrected chi connectivity index (χ4v) is 3.69. The molecule has 0 aliphatic heterocycles. The first-order valence-corrected chi connectivity index (χ1v) is 8.38. The molecule has 2 rings (SSSR count). The average Bonchev–Trinajstić information content (AvgIpc) is 2.64. The van der Waals surface area contributed by atoms with Crippen LogP contribution in [0.5, 0.6) is 0 Å². The predicted octanol–water partition coefficient (Wildman–Crippen LogP) is 4.91. The Morgan fingerprint density at radius 2 is 1.94 bits per heavy atom. The van der Waals surface area contributed by atoms with Gasteiger partial charge in [-0.1, -0.05) is 44.7 Å². The van der Waals surface area contributed by atoms with E-state index in [9.17, 15) is 0 Å². The summed E-state index contributed by atoms with van der Waals surface area (Å²) in [6.45, 7) is 3.28. The molecule has 1 aromatic carbocycles. The van der Waals surface area contributed by atoms with Crippen molar-refractivity contribution in [2.75, 3.05) is 6.54 Å². The Kier molecular flexibility index (Phi) is 5.96. The first-order chi connectivity index (χ1) is 8.81. The summed E-state index contributed by atoms with van der Waals surface area (Å²) < 4.78 is 1.35. The molecule has 2 heteroatoms. The molecule has 1 fully saturated rings. The second kappa shape index (κ2) is 7.49. The van der Waals surface area contributed by atoms with Gasteiger partial charge in [0, 0.05) is 9.61 Å². The molecule has 1 nitrogen and oxygen atoms in total. The van der Waals surface area contributed by atoms with Gasteiger partial charge in [-0.15, -0.1) is 0 Å². The van der Waals surface area contributed by atoms with Crippen LogP contribution in [-0.4, -0.2) is 6.54 Å². The van der Waals surface area contributed by atoms with Gasteiger partial charge < -0.3 is 5.32 Å². The number of hydrogen-bond donors (Lipinski definition) is 1. The highest BCUT2D eigenvalue weighted by Gasteiger charge is 2.23. The maximum absolute atomic E-state index is 3.72. The zero-order valence-electron chi connectivity index (χ0n) is 11.3. The number of halogens is 1. The van der Waals surface area contributed by atoms with Crippen LogP contribution in [0.3, 0.4) is 0 Å². The van der Waals surface area contributed by atoms with Gasteiger partial charge >= 0.3 is 0 Å². The van der Waals surface area contributed by atoms with Crippen LogP contribution in [0.15, 0.2) is 24.3 Å². The summed E-state index contributed by atoms with van der Waals surface area (Å²) in [5, 5.41) is 3.72. The monoisotopic (exact) mass is 357 g/mol. The molecule has 1 saturated carbocycles. The van der Waals surface area contributed by atoms with Crippen LogP contribution in [-0.2, 0) is 0 Å². The van der Waals surface area contributed by atoms with Crippen molar-refractivity contribution in [3.05, 3.63) is 33.4 Å². The Bertz CT molecular complexity index is 356. The number of rotatable bonds is 4. The summed E-state index contributed by atoms with van der Waals surface area (Å²) in [6.07, 6.45) is 8.47. The van der Waals surface area contributed by atoms with Crippen LogP contribution < -0.4 is 5.32 Å². The maximum atomic E-state index is 3.72. The van der Waals surface area contributed by atoms with E-state index in [1.807, 2.05) is 0 Å². The summed E-state index contributed by atoms with van der Waals surface area (Å²) >= 11 is 2.42. The molecule has 1 aliphatic rings. The number of benzene rings is 1. The van der Waals surface area contributed by atoms with E-state index in [-0.39, 0.29) is 0 Å². The minimum atomic E-state index is 0.558. The maximum Gasteiger partial charge on any atom is 0.0348 e. The molecule has 18 heavy (non-hydrogen) atoms. The quantitative estimate of drug-likeness (QED) is 0.596. The van der Waals surface area contributed by atoms with E-state index >= 15 is 0 Å². The zero-order chi connectivity index (χ0) is 12.8. The van der Waals surface area contributed by atoms with E-state index in [0.29, 0.717) is 6.04 Å². The van der Waals surface area contributed by atoms with Crippen LogP contribution in [0.1, 0.15) is 57.1 Å². The molecule has 0 spiro atoms. The summed E-state index contributed by atoms with van der Waals surface area (Å²) in [4.78, 5) is 0. The first-order valence-electron chi connectivity index (χ1n) is 7.30. The van der Waals surface area contributed by atoms with Crippen LogP contribution in [0, 0.1) is 9.49 Å². The van der Waals surface area contributed by atoms with Crippen LogP contribution >= 0.6 is 22.6 Å². The lowest BCUT2D eigenvalue weighted by molar-refractivity contribution is 0.330. The molecular weight excluding hydrogens is 333 g/mol. The van der Waals surface area contributed by atoms with Gasteiger partial charge in [0.25, 0.3) is 0 Å². The Morgan fingerprint density at radius 1 is 1.22 bits per heavy atom. The Hall–Kier alpha value is -0.0900. The zero-order valence-corrected chi connectivity index (χ0v) is 13.4. The van der Waals surface area contributed by atoms with Crippen molar-refractivity contribution < 1.29 is 0 Å². The minimum Gasteiger partial charge on any atom is -0.310 e. The second-order valence-electron chi connectivity index (χ2n) is 5.34. The van der Waals surface area contributed by atoms with Crippen molar-refractivity contribution in [2.24, 2.45) is 5.92 Å². The second-order valence-corrected chi connectivity index (χ2v) is 6.59. The number of hydrogen-bond acceptors (Lipinski definition) is 1. The lowest BCUT2D eigenvalue weighted by atomic mass is 9.87. The Morgan fingerprint density at radius 3 is 2.56 bits per heavy atom. The van der Waals surface area contributed by atoms with E-state index in [1.165, 1.54) is 47.7 Å². The van der Waals surface area contributed by atoms with Crippen molar-refractivity contribution in [1.82, 2.24) is 5.32 Å². The molecule has 0 saturated heterocycles. The first kappa shape index (κ1) is 14.3. The van der Waals surface area contributed by atoms with Crippen molar-refractivity contribution >= 4 is 22.6 Å². The summed E-state index contributed by atoms with van der Waals surface area (Å²) in [6, 6.07) is 9.57. The molecule has 100 valence electrons. The molecule has 0 aromatic heterocycles. The standard InChI is InChI=1S/C16H24IN/c1-2-18-16(13-8-5-3-4-6-9-13)14-10-7-11-15(17)12-14/h7,10-13,16,18H,2-6,8-9H2,1H3.